The van der Waals surface area contributed by atoms with E-state index in [0.29, 0.717) is 41.6 Å². The summed E-state index contributed by atoms with van der Waals surface area (Å²) < 4.78 is 29.0. The Hall–Kier alpha value is -4.27. The van der Waals surface area contributed by atoms with E-state index in [1.807, 2.05) is 36.6 Å². The molecular weight excluding hydrogens is 466 g/mol. The Balaban J connectivity index is 1.39. The van der Waals surface area contributed by atoms with Gasteiger partial charge in [0.1, 0.15) is 13.2 Å². The molecule has 0 atom stereocenters. The third kappa shape index (κ3) is 5.19. The highest BCUT2D eigenvalue weighted by atomic mass is 16.6. The van der Waals surface area contributed by atoms with Gasteiger partial charge in [-0.3, -0.25) is 9.59 Å². The fourth-order valence-corrected chi connectivity index (χ4v) is 4.02. The van der Waals surface area contributed by atoms with Gasteiger partial charge < -0.3 is 28.3 Å². The predicted octanol–water partition coefficient (Wildman–Crippen LogP) is 3.88. The van der Waals surface area contributed by atoms with E-state index in [1.165, 1.54) is 20.1 Å². The summed E-state index contributed by atoms with van der Waals surface area (Å²) in [4.78, 5) is 36.6. The molecule has 0 fully saturated rings. The Morgan fingerprint density at radius 2 is 1.67 bits per heavy atom. The number of aryl methyl sites for hydroxylation is 1. The first kappa shape index (κ1) is 24.8. The lowest BCUT2D eigenvalue weighted by atomic mass is 10.1. The fourth-order valence-electron chi connectivity index (χ4n) is 4.02. The third-order valence-corrected chi connectivity index (χ3v) is 5.80. The molecule has 0 saturated heterocycles. The van der Waals surface area contributed by atoms with Crippen molar-refractivity contribution >= 4 is 17.5 Å². The number of hydrogen-bond acceptors (Lipinski definition) is 8. The summed E-state index contributed by atoms with van der Waals surface area (Å²) in [5.41, 5.74) is 3.32. The van der Waals surface area contributed by atoms with Crippen molar-refractivity contribution in [2.75, 3.05) is 33.5 Å². The zero-order valence-corrected chi connectivity index (χ0v) is 20.6. The quantitative estimate of drug-likeness (QED) is 0.327. The lowest BCUT2D eigenvalue weighted by Crippen LogP contribution is -2.20. The minimum Gasteiger partial charge on any atom is -0.493 e. The van der Waals surface area contributed by atoms with Gasteiger partial charge in [0, 0.05) is 34.3 Å². The van der Waals surface area contributed by atoms with Crippen LogP contribution in [0.3, 0.4) is 0 Å². The molecule has 4 rings (SSSR count). The number of esters is 1. The van der Waals surface area contributed by atoms with Crippen molar-refractivity contribution in [3.05, 3.63) is 65.0 Å². The normalized spacial score (nSPS) is 12.1. The summed E-state index contributed by atoms with van der Waals surface area (Å²) in [7, 11) is 1.44. The smallest absolute Gasteiger partial charge is 0.344 e. The van der Waals surface area contributed by atoms with E-state index in [4.69, 9.17) is 23.7 Å². The van der Waals surface area contributed by atoms with Crippen LogP contribution in [0, 0.1) is 13.8 Å². The van der Waals surface area contributed by atoms with Gasteiger partial charge in [0.15, 0.2) is 42.0 Å². The van der Waals surface area contributed by atoms with E-state index in [9.17, 15) is 14.4 Å². The molecule has 9 heteroatoms. The first-order valence-corrected chi connectivity index (χ1v) is 11.4. The minimum atomic E-state index is -0.707. The number of carbonyl (C=O) groups is 3. The first-order chi connectivity index (χ1) is 17.3. The molecule has 2 heterocycles. The third-order valence-electron chi connectivity index (χ3n) is 5.80. The zero-order chi connectivity index (χ0) is 25.8. The lowest BCUT2D eigenvalue weighted by Gasteiger charge is -2.20. The number of hydrogen-bond donors (Lipinski definition) is 0. The average molecular weight is 494 g/mol. The van der Waals surface area contributed by atoms with Gasteiger partial charge in [-0.25, -0.2) is 4.79 Å². The number of nitrogens with zero attached hydrogens (tertiary/aromatic N) is 1. The second kappa shape index (κ2) is 10.6. The summed E-state index contributed by atoms with van der Waals surface area (Å²) in [5.74, 6) is 0.786. The Morgan fingerprint density at radius 3 is 2.39 bits per heavy atom. The highest BCUT2D eigenvalue weighted by Crippen LogP contribution is 2.33. The van der Waals surface area contributed by atoms with E-state index in [1.54, 1.807) is 18.2 Å². The molecule has 0 amide bonds. The molecule has 1 aromatic heterocycles. The number of rotatable bonds is 9. The van der Waals surface area contributed by atoms with Gasteiger partial charge in [-0.1, -0.05) is 0 Å². The second-order valence-electron chi connectivity index (χ2n) is 8.24. The Morgan fingerprint density at radius 1 is 0.917 bits per heavy atom. The van der Waals surface area contributed by atoms with Crippen molar-refractivity contribution in [3.8, 4) is 28.7 Å². The van der Waals surface area contributed by atoms with E-state index < -0.39 is 19.2 Å². The number of ketones is 2. The molecule has 0 unspecified atom stereocenters. The highest BCUT2D eigenvalue weighted by Gasteiger charge is 2.20. The fraction of sp³-hybridized carbons (Fsp3) is 0.296. The van der Waals surface area contributed by atoms with Crippen LogP contribution in [0.2, 0.25) is 0 Å². The standard InChI is InChI=1S/C27H27NO8/c1-16-11-21(17(2)28(16)20-6-8-24-26(13-20)34-10-9-33-24)22(30)14-36-27(31)15-35-23-7-5-19(18(3)29)12-25(23)32-4/h5-8,11-13H,9-10,14-15H2,1-4H3. The lowest BCUT2D eigenvalue weighted by molar-refractivity contribution is -0.144. The highest BCUT2D eigenvalue weighted by molar-refractivity contribution is 5.99. The first-order valence-electron chi connectivity index (χ1n) is 11.4. The molecule has 0 bridgehead atoms. The summed E-state index contributed by atoms with van der Waals surface area (Å²) in [6.45, 7) is 5.32. The topological polar surface area (TPSA) is 102 Å². The summed E-state index contributed by atoms with van der Waals surface area (Å²) in [6, 6.07) is 12.0. The number of benzene rings is 2. The van der Waals surface area contributed by atoms with Gasteiger partial charge in [0.25, 0.3) is 0 Å². The van der Waals surface area contributed by atoms with Crippen LogP contribution in [-0.4, -0.2) is 55.6 Å². The Labute approximate surface area is 208 Å². The van der Waals surface area contributed by atoms with E-state index in [0.717, 1.165) is 17.1 Å². The van der Waals surface area contributed by atoms with E-state index >= 15 is 0 Å². The molecule has 0 saturated carbocycles. The van der Waals surface area contributed by atoms with Crippen LogP contribution in [0.1, 0.15) is 39.0 Å². The molecular formula is C27H27NO8. The number of aromatic nitrogens is 1. The summed E-state index contributed by atoms with van der Waals surface area (Å²) in [5, 5.41) is 0. The molecule has 0 N–H and O–H groups in total. The van der Waals surface area contributed by atoms with Crippen LogP contribution in [0.5, 0.6) is 23.0 Å². The van der Waals surface area contributed by atoms with Crippen molar-refractivity contribution in [2.45, 2.75) is 20.8 Å². The van der Waals surface area contributed by atoms with Crippen LogP contribution in [-0.2, 0) is 9.53 Å². The van der Waals surface area contributed by atoms with E-state index in [2.05, 4.69) is 0 Å². The van der Waals surface area contributed by atoms with Crippen molar-refractivity contribution in [3.63, 3.8) is 0 Å². The Kier molecular flexibility index (Phi) is 7.28. The SMILES string of the molecule is COc1cc(C(C)=O)ccc1OCC(=O)OCC(=O)c1cc(C)n(-c2ccc3c(c2)OCCO3)c1C. The van der Waals surface area contributed by atoms with Gasteiger partial charge in [0.2, 0.25) is 5.78 Å². The van der Waals surface area contributed by atoms with Gasteiger partial charge in [-0.05, 0) is 57.2 Å². The maximum absolute atomic E-state index is 12.8. The molecule has 3 aromatic rings. The molecule has 0 spiro atoms. The molecule has 1 aliphatic rings. The minimum absolute atomic E-state index is 0.119. The largest absolute Gasteiger partial charge is 0.493 e. The van der Waals surface area contributed by atoms with Gasteiger partial charge >= 0.3 is 5.97 Å². The average Bonchev–Trinajstić information content (AvgIpc) is 3.19. The molecule has 9 nitrogen and oxygen atoms in total. The number of fused-ring (bicyclic) bond motifs is 1. The van der Waals surface area contributed by atoms with Gasteiger partial charge in [-0.15, -0.1) is 0 Å². The van der Waals surface area contributed by atoms with Crippen LogP contribution in [0.4, 0.5) is 0 Å². The van der Waals surface area contributed by atoms with Gasteiger partial charge in [-0.2, -0.15) is 0 Å². The van der Waals surface area contributed by atoms with E-state index in [-0.39, 0.29) is 17.3 Å². The van der Waals surface area contributed by atoms with Crippen LogP contribution >= 0.6 is 0 Å². The maximum Gasteiger partial charge on any atom is 0.344 e. The molecule has 1 aliphatic heterocycles. The van der Waals surface area contributed by atoms with Crippen molar-refractivity contribution in [1.82, 2.24) is 4.57 Å². The number of Topliss-reactive ketones (excluding diaryl/α,β-unsaturated/α-hetero) is 2. The zero-order valence-electron chi connectivity index (χ0n) is 20.6. The number of ether oxygens (including phenoxy) is 5. The maximum atomic E-state index is 12.8. The van der Waals surface area contributed by atoms with Crippen molar-refractivity contribution < 1.29 is 38.1 Å². The molecule has 2 aromatic carbocycles. The molecule has 0 aliphatic carbocycles. The summed E-state index contributed by atoms with van der Waals surface area (Å²) in [6.07, 6.45) is 0. The predicted molar refractivity (Wildman–Crippen MR) is 130 cm³/mol. The number of methoxy groups -OCH3 is 1. The van der Waals surface area contributed by atoms with Crippen molar-refractivity contribution in [2.24, 2.45) is 0 Å². The van der Waals surface area contributed by atoms with Crippen LogP contribution < -0.4 is 18.9 Å². The van der Waals surface area contributed by atoms with Crippen LogP contribution in [0.25, 0.3) is 5.69 Å². The molecule has 188 valence electrons. The van der Waals surface area contributed by atoms with Gasteiger partial charge in [0.05, 0.1) is 7.11 Å². The Bertz CT molecular complexity index is 1320. The van der Waals surface area contributed by atoms with Crippen molar-refractivity contribution in [1.29, 1.82) is 0 Å². The second-order valence-corrected chi connectivity index (χ2v) is 8.24. The molecule has 0 radical (unpaired) electrons. The molecule has 36 heavy (non-hydrogen) atoms. The summed E-state index contributed by atoms with van der Waals surface area (Å²) >= 11 is 0. The van der Waals surface area contributed by atoms with Crippen LogP contribution in [0.15, 0.2) is 42.5 Å². The monoisotopic (exact) mass is 493 g/mol. The number of carbonyl (C=O) groups excluding carboxylic acids is 3.